The van der Waals surface area contributed by atoms with Crippen molar-refractivity contribution >= 4 is 12.0 Å². The highest BCUT2D eigenvalue weighted by molar-refractivity contribution is 5.94. The smallest absolute Gasteiger partial charge is 0.408 e. The molecule has 156 valence electrons. The van der Waals surface area contributed by atoms with E-state index in [9.17, 15) is 19.2 Å². The molecule has 0 unspecified atom stereocenters. The van der Waals surface area contributed by atoms with E-state index in [2.05, 4.69) is 11.4 Å². The molecule has 1 aliphatic heterocycles. The molecule has 3 rings (SSSR count). The molecule has 0 spiro atoms. The highest BCUT2D eigenvalue weighted by Crippen LogP contribution is 2.26. The molecule has 1 heterocycles. The SMILES string of the molecule is CC(C)(C)OC(=O)N[C@H](C#N)Cc1ccc2c(c1)CN(C(=O)c1ccc(F)cc1)C2. The molecule has 2 aromatic carbocycles. The molecule has 1 N–H and O–H groups in total. The summed E-state index contributed by atoms with van der Waals surface area (Å²) < 4.78 is 18.3. The van der Waals surface area contributed by atoms with Gasteiger partial charge in [0.25, 0.3) is 5.91 Å². The Morgan fingerprint density at radius 2 is 1.83 bits per heavy atom. The maximum Gasteiger partial charge on any atom is 0.408 e. The normalized spacial score (nSPS) is 13.9. The second kappa shape index (κ2) is 8.54. The van der Waals surface area contributed by atoms with Crippen LogP contribution in [0.1, 0.15) is 47.8 Å². The van der Waals surface area contributed by atoms with Gasteiger partial charge >= 0.3 is 6.09 Å². The molecule has 0 bridgehead atoms. The lowest BCUT2D eigenvalue weighted by Gasteiger charge is -2.21. The number of ether oxygens (including phenoxy) is 1. The number of halogens is 1. The van der Waals surface area contributed by atoms with Gasteiger partial charge in [0.05, 0.1) is 6.07 Å². The van der Waals surface area contributed by atoms with Crippen molar-refractivity contribution in [2.75, 3.05) is 0 Å². The van der Waals surface area contributed by atoms with Crippen molar-refractivity contribution in [2.24, 2.45) is 0 Å². The van der Waals surface area contributed by atoms with Crippen LogP contribution in [0.25, 0.3) is 0 Å². The number of carbonyl (C=O) groups is 2. The number of carbonyl (C=O) groups excluding carboxylic acids is 2. The highest BCUT2D eigenvalue weighted by Gasteiger charge is 2.25. The number of nitrogens with zero attached hydrogens (tertiary/aromatic N) is 2. The molecule has 2 amide bonds. The molecule has 0 radical (unpaired) electrons. The molecule has 7 heteroatoms. The fourth-order valence-corrected chi connectivity index (χ4v) is 3.31. The standard InChI is InChI=1S/C23H24FN3O3/c1-23(2,3)30-22(29)26-20(12-25)11-15-4-5-17-13-27(14-18(17)10-15)21(28)16-6-8-19(24)9-7-16/h4-10,20H,11,13-14H2,1-3H3,(H,26,29)/t20-/m0/s1. The molecule has 1 atom stereocenters. The van der Waals surface area contributed by atoms with Crippen molar-refractivity contribution in [1.29, 1.82) is 5.26 Å². The lowest BCUT2D eigenvalue weighted by Crippen LogP contribution is -2.39. The van der Waals surface area contributed by atoms with Crippen molar-refractivity contribution in [3.8, 4) is 6.07 Å². The van der Waals surface area contributed by atoms with Crippen molar-refractivity contribution in [3.63, 3.8) is 0 Å². The zero-order chi connectivity index (χ0) is 21.9. The predicted octanol–water partition coefficient (Wildman–Crippen LogP) is 3.94. The predicted molar refractivity (Wildman–Crippen MR) is 109 cm³/mol. The first-order valence-electron chi connectivity index (χ1n) is 9.69. The molecule has 6 nitrogen and oxygen atoms in total. The zero-order valence-electron chi connectivity index (χ0n) is 17.2. The Morgan fingerprint density at radius 1 is 1.17 bits per heavy atom. The Hall–Kier alpha value is -3.40. The van der Waals surface area contributed by atoms with Crippen molar-refractivity contribution in [1.82, 2.24) is 10.2 Å². The van der Waals surface area contributed by atoms with E-state index in [1.54, 1.807) is 25.7 Å². The van der Waals surface area contributed by atoms with Gasteiger partial charge in [-0.3, -0.25) is 4.79 Å². The molecule has 0 saturated heterocycles. The largest absolute Gasteiger partial charge is 0.444 e. The van der Waals surface area contributed by atoms with E-state index in [-0.39, 0.29) is 11.7 Å². The van der Waals surface area contributed by atoms with E-state index in [1.807, 2.05) is 18.2 Å². The fourth-order valence-electron chi connectivity index (χ4n) is 3.31. The van der Waals surface area contributed by atoms with Crippen molar-refractivity contribution in [2.45, 2.75) is 51.9 Å². The summed E-state index contributed by atoms with van der Waals surface area (Å²) in [5.74, 6) is -0.540. The third kappa shape index (κ3) is 5.35. The van der Waals surface area contributed by atoms with E-state index in [4.69, 9.17) is 4.74 Å². The topological polar surface area (TPSA) is 82.4 Å². The third-order valence-corrected chi connectivity index (χ3v) is 4.66. The summed E-state index contributed by atoms with van der Waals surface area (Å²) in [6.45, 7) is 6.19. The van der Waals surface area contributed by atoms with Crippen LogP contribution in [-0.2, 0) is 24.2 Å². The lowest BCUT2D eigenvalue weighted by molar-refractivity contribution is 0.0515. The van der Waals surface area contributed by atoms with E-state index in [0.717, 1.165) is 16.7 Å². The molecule has 0 fully saturated rings. The summed E-state index contributed by atoms with van der Waals surface area (Å²) in [5, 5.41) is 12.0. The third-order valence-electron chi connectivity index (χ3n) is 4.66. The van der Waals surface area contributed by atoms with Gasteiger partial charge in [-0.25, -0.2) is 9.18 Å². The number of hydrogen-bond donors (Lipinski definition) is 1. The van der Waals surface area contributed by atoms with Crippen molar-refractivity contribution in [3.05, 3.63) is 70.5 Å². The molecule has 0 saturated carbocycles. The number of hydrogen-bond acceptors (Lipinski definition) is 4. The van der Waals surface area contributed by atoms with Crippen LogP contribution in [0.3, 0.4) is 0 Å². The summed E-state index contributed by atoms with van der Waals surface area (Å²) in [5.41, 5.74) is 2.71. The molecule has 0 aromatic heterocycles. The number of benzene rings is 2. The van der Waals surface area contributed by atoms with Gasteiger partial charge in [-0.1, -0.05) is 18.2 Å². The van der Waals surface area contributed by atoms with E-state index in [0.29, 0.717) is 25.1 Å². The highest BCUT2D eigenvalue weighted by atomic mass is 19.1. The number of nitrogens with one attached hydrogen (secondary N) is 1. The Balaban J connectivity index is 1.64. The minimum absolute atomic E-state index is 0.158. The summed E-state index contributed by atoms with van der Waals surface area (Å²) in [6, 6.07) is 12.6. The summed E-state index contributed by atoms with van der Waals surface area (Å²) >= 11 is 0. The van der Waals surface area contributed by atoms with Gasteiger partial charge in [-0.15, -0.1) is 0 Å². The second-order valence-electron chi connectivity index (χ2n) is 8.30. The first-order valence-corrected chi connectivity index (χ1v) is 9.69. The first-order chi connectivity index (χ1) is 14.1. The van der Waals surface area contributed by atoms with E-state index < -0.39 is 17.7 Å². The Kier molecular flexibility index (Phi) is 6.06. The van der Waals surface area contributed by atoms with Crippen LogP contribution in [0.2, 0.25) is 0 Å². The summed E-state index contributed by atoms with van der Waals surface area (Å²) in [6.07, 6.45) is -0.305. The van der Waals surface area contributed by atoms with Crippen LogP contribution < -0.4 is 5.32 Å². The van der Waals surface area contributed by atoms with Crippen LogP contribution in [0.4, 0.5) is 9.18 Å². The number of rotatable bonds is 4. The summed E-state index contributed by atoms with van der Waals surface area (Å²) in [7, 11) is 0. The Labute approximate surface area is 175 Å². The van der Waals surface area contributed by atoms with Gasteiger partial charge in [-0.05, 0) is 61.7 Å². The average Bonchev–Trinajstić information content (AvgIpc) is 3.09. The molecule has 0 aliphatic carbocycles. The first kappa shape index (κ1) is 21.3. The van der Waals surface area contributed by atoms with Crippen LogP contribution in [0.15, 0.2) is 42.5 Å². The summed E-state index contributed by atoms with van der Waals surface area (Å²) in [4.78, 5) is 26.3. The van der Waals surface area contributed by atoms with E-state index >= 15 is 0 Å². The molecule has 2 aromatic rings. The number of alkyl carbamates (subject to hydrolysis) is 1. The average molecular weight is 409 g/mol. The minimum Gasteiger partial charge on any atom is -0.444 e. The number of fused-ring (bicyclic) bond motifs is 1. The molecular formula is C23H24FN3O3. The quantitative estimate of drug-likeness (QED) is 0.829. The second-order valence-corrected chi connectivity index (χ2v) is 8.30. The van der Waals surface area contributed by atoms with Gasteiger partial charge in [0.1, 0.15) is 17.5 Å². The van der Waals surface area contributed by atoms with Gasteiger partial charge < -0.3 is 15.0 Å². The van der Waals surface area contributed by atoms with Gasteiger partial charge in [0.15, 0.2) is 0 Å². The van der Waals surface area contributed by atoms with Gasteiger partial charge in [0.2, 0.25) is 0 Å². The molecular weight excluding hydrogens is 385 g/mol. The monoisotopic (exact) mass is 409 g/mol. The van der Waals surface area contributed by atoms with Crippen molar-refractivity contribution < 1.29 is 18.7 Å². The zero-order valence-corrected chi connectivity index (χ0v) is 17.2. The van der Waals surface area contributed by atoms with Gasteiger partial charge in [0, 0.05) is 25.1 Å². The van der Waals surface area contributed by atoms with Crippen LogP contribution in [0, 0.1) is 17.1 Å². The van der Waals surface area contributed by atoms with Crippen LogP contribution in [0.5, 0.6) is 0 Å². The molecule has 1 aliphatic rings. The van der Waals surface area contributed by atoms with Gasteiger partial charge in [-0.2, -0.15) is 5.26 Å². The van der Waals surface area contributed by atoms with E-state index in [1.165, 1.54) is 24.3 Å². The number of amides is 2. The maximum atomic E-state index is 13.1. The number of nitriles is 1. The van der Waals surface area contributed by atoms with Crippen LogP contribution in [-0.4, -0.2) is 28.5 Å². The maximum absolute atomic E-state index is 13.1. The Bertz CT molecular complexity index is 990. The Morgan fingerprint density at radius 3 is 2.47 bits per heavy atom. The minimum atomic E-state index is -0.726. The molecule has 30 heavy (non-hydrogen) atoms. The lowest BCUT2D eigenvalue weighted by atomic mass is 10.0. The van der Waals surface area contributed by atoms with Crippen LogP contribution >= 0.6 is 0 Å². The fraction of sp³-hybridized carbons (Fsp3) is 0.348.